The molecule has 0 aliphatic rings. The van der Waals surface area contributed by atoms with E-state index in [1.807, 2.05) is 39.8 Å². The minimum atomic E-state index is 0.879. The summed E-state index contributed by atoms with van der Waals surface area (Å²) in [5.41, 5.74) is 0. The quantitative estimate of drug-likeness (QED) is 0.506. The molecule has 0 saturated heterocycles. The van der Waals surface area contributed by atoms with E-state index in [9.17, 15) is 0 Å². The Hall–Kier alpha value is -0.590. The van der Waals surface area contributed by atoms with E-state index in [4.69, 9.17) is 0 Å². The Bertz CT molecular complexity index is 72.6. The molecule has 0 unspecified atom stereocenters. The Kier molecular flexibility index (Phi) is 19.5. The Morgan fingerprint density at radius 1 is 1.33 bits per heavy atom. The molecule has 9 heavy (non-hydrogen) atoms. The second kappa shape index (κ2) is 15.7. The number of hydrogen-bond acceptors (Lipinski definition) is 1. The van der Waals surface area contributed by atoms with E-state index in [1.54, 1.807) is 6.21 Å². The van der Waals surface area contributed by atoms with Crippen LogP contribution in [0.2, 0.25) is 0 Å². The van der Waals surface area contributed by atoms with Crippen molar-refractivity contribution in [2.24, 2.45) is 4.99 Å². The molecule has 0 saturated carbocycles. The maximum absolute atomic E-state index is 3.95. The average molecular weight is 127 g/mol. The molecule has 0 bridgehead atoms. The van der Waals surface area contributed by atoms with Crippen molar-refractivity contribution in [3.05, 3.63) is 12.2 Å². The fourth-order valence-electron chi connectivity index (χ4n) is 0.252. The molecule has 0 radical (unpaired) electrons. The lowest BCUT2D eigenvalue weighted by atomic mass is 10.6. The van der Waals surface area contributed by atoms with E-state index in [-0.39, 0.29) is 0 Å². The molecular formula is C8H17N. The summed E-state index contributed by atoms with van der Waals surface area (Å²) in [5, 5.41) is 0. The second-order valence-corrected chi connectivity index (χ2v) is 1.17. The van der Waals surface area contributed by atoms with Crippen molar-refractivity contribution in [2.75, 3.05) is 6.54 Å². The Balaban J connectivity index is 0. The highest BCUT2D eigenvalue weighted by Gasteiger charge is 1.57. The van der Waals surface area contributed by atoms with E-state index in [2.05, 4.69) is 4.99 Å². The van der Waals surface area contributed by atoms with E-state index in [1.165, 1.54) is 0 Å². The van der Waals surface area contributed by atoms with Gasteiger partial charge in [-0.3, -0.25) is 4.99 Å². The SMILES string of the molecule is C/C=C\C=NCC.CC. The molecule has 0 amide bonds. The third-order valence-electron chi connectivity index (χ3n) is 0.566. The van der Waals surface area contributed by atoms with Crippen molar-refractivity contribution in [2.45, 2.75) is 27.7 Å². The molecule has 0 aromatic rings. The van der Waals surface area contributed by atoms with Gasteiger partial charge in [-0.05, 0) is 19.9 Å². The Labute approximate surface area is 58.5 Å². The van der Waals surface area contributed by atoms with Gasteiger partial charge in [0.1, 0.15) is 0 Å². The fraction of sp³-hybridized carbons (Fsp3) is 0.625. The van der Waals surface area contributed by atoms with Crippen LogP contribution in [0.4, 0.5) is 0 Å². The van der Waals surface area contributed by atoms with Gasteiger partial charge in [-0.15, -0.1) is 0 Å². The first-order chi connectivity index (χ1) is 4.41. The number of hydrogen-bond donors (Lipinski definition) is 0. The summed E-state index contributed by atoms with van der Waals surface area (Å²) in [6.45, 7) is 8.87. The third kappa shape index (κ3) is 18.7. The topological polar surface area (TPSA) is 12.4 Å². The molecule has 1 nitrogen and oxygen atoms in total. The van der Waals surface area contributed by atoms with E-state index in [0.717, 1.165) is 6.54 Å². The van der Waals surface area contributed by atoms with Crippen molar-refractivity contribution >= 4 is 6.21 Å². The molecule has 0 aliphatic heterocycles. The number of rotatable bonds is 2. The van der Waals surface area contributed by atoms with Crippen LogP contribution in [-0.4, -0.2) is 12.8 Å². The van der Waals surface area contributed by atoms with Crippen molar-refractivity contribution in [3.8, 4) is 0 Å². The Morgan fingerprint density at radius 3 is 2.22 bits per heavy atom. The molecule has 0 aliphatic carbocycles. The van der Waals surface area contributed by atoms with Gasteiger partial charge in [-0.25, -0.2) is 0 Å². The molecule has 0 N–H and O–H groups in total. The summed E-state index contributed by atoms with van der Waals surface area (Å²) in [7, 11) is 0. The van der Waals surface area contributed by atoms with Gasteiger partial charge in [-0.2, -0.15) is 0 Å². The van der Waals surface area contributed by atoms with Gasteiger partial charge in [-0.1, -0.05) is 19.9 Å². The van der Waals surface area contributed by atoms with Gasteiger partial charge >= 0.3 is 0 Å². The van der Waals surface area contributed by atoms with E-state index in [0.29, 0.717) is 0 Å². The predicted octanol–water partition coefficient (Wildman–Crippen LogP) is 2.68. The van der Waals surface area contributed by atoms with Gasteiger partial charge in [0.15, 0.2) is 0 Å². The maximum atomic E-state index is 3.95. The van der Waals surface area contributed by atoms with Gasteiger partial charge in [0, 0.05) is 12.8 Å². The summed E-state index contributed by atoms with van der Waals surface area (Å²) in [5.74, 6) is 0. The number of aliphatic imine (C=N–C) groups is 1. The lowest BCUT2D eigenvalue weighted by molar-refractivity contribution is 1.14. The van der Waals surface area contributed by atoms with Crippen molar-refractivity contribution in [3.63, 3.8) is 0 Å². The summed E-state index contributed by atoms with van der Waals surface area (Å²) in [6, 6.07) is 0. The van der Waals surface area contributed by atoms with E-state index >= 15 is 0 Å². The molecule has 0 fully saturated rings. The van der Waals surface area contributed by atoms with Crippen LogP contribution in [0.1, 0.15) is 27.7 Å². The van der Waals surface area contributed by atoms with Crippen molar-refractivity contribution < 1.29 is 0 Å². The normalized spacial score (nSPS) is 9.78. The van der Waals surface area contributed by atoms with Gasteiger partial charge < -0.3 is 0 Å². The van der Waals surface area contributed by atoms with Crippen molar-refractivity contribution in [1.82, 2.24) is 0 Å². The van der Waals surface area contributed by atoms with Crippen LogP contribution in [-0.2, 0) is 0 Å². The molecule has 0 aromatic carbocycles. The summed E-state index contributed by atoms with van der Waals surface area (Å²) >= 11 is 0. The molecule has 0 aromatic heterocycles. The first-order valence-corrected chi connectivity index (χ1v) is 3.53. The lowest BCUT2D eigenvalue weighted by Gasteiger charge is -1.72. The standard InChI is InChI=1S/C6H11N.C2H6/c1-3-5-6-7-4-2;1-2/h3,5-6H,4H2,1-2H3;1-2H3/b5-3-,7-6?;. The maximum Gasteiger partial charge on any atom is 0.0360 e. The first kappa shape index (κ1) is 11.2. The number of allylic oxidation sites excluding steroid dienone is 2. The lowest BCUT2D eigenvalue weighted by Crippen LogP contribution is -1.66. The highest BCUT2D eigenvalue weighted by atomic mass is 14.7. The summed E-state index contributed by atoms with van der Waals surface area (Å²) in [4.78, 5) is 3.95. The van der Waals surface area contributed by atoms with Crippen LogP contribution in [0.25, 0.3) is 0 Å². The highest BCUT2D eigenvalue weighted by molar-refractivity contribution is 5.70. The van der Waals surface area contributed by atoms with E-state index < -0.39 is 0 Å². The zero-order chi connectivity index (χ0) is 7.54. The molecule has 0 atom stereocenters. The molecular weight excluding hydrogens is 110 g/mol. The molecule has 0 spiro atoms. The van der Waals surface area contributed by atoms with Crippen LogP contribution in [0.3, 0.4) is 0 Å². The summed E-state index contributed by atoms with van der Waals surface area (Å²) in [6.07, 6.45) is 5.68. The van der Waals surface area contributed by atoms with Gasteiger partial charge in [0.05, 0.1) is 0 Å². The van der Waals surface area contributed by atoms with Crippen molar-refractivity contribution in [1.29, 1.82) is 0 Å². The minimum absolute atomic E-state index is 0.879. The van der Waals surface area contributed by atoms with Crippen LogP contribution >= 0.6 is 0 Å². The third-order valence-corrected chi connectivity index (χ3v) is 0.566. The first-order valence-electron chi connectivity index (χ1n) is 3.53. The van der Waals surface area contributed by atoms with Crippen LogP contribution in [0.15, 0.2) is 17.1 Å². The summed E-state index contributed by atoms with van der Waals surface area (Å²) < 4.78 is 0. The fourth-order valence-corrected chi connectivity index (χ4v) is 0.252. The van der Waals surface area contributed by atoms with Crippen LogP contribution in [0, 0.1) is 0 Å². The zero-order valence-corrected chi connectivity index (χ0v) is 6.89. The van der Waals surface area contributed by atoms with Crippen LogP contribution in [0.5, 0.6) is 0 Å². The molecule has 54 valence electrons. The zero-order valence-electron chi connectivity index (χ0n) is 6.89. The molecule has 0 heterocycles. The highest BCUT2D eigenvalue weighted by Crippen LogP contribution is 1.65. The minimum Gasteiger partial charge on any atom is -0.293 e. The molecule has 1 heteroatoms. The monoisotopic (exact) mass is 127 g/mol. The van der Waals surface area contributed by atoms with Gasteiger partial charge in [0.2, 0.25) is 0 Å². The largest absolute Gasteiger partial charge is 0.293 e. The number of nitrogens with zero attached hydrogens (tertiary/aromatic N) is 1. The average Bonchev–Trinajstić information content (AvgIpc) is 1.94. The second-order valence-electron chi connectivity index (χ2n) is 1.17. The van der Waals surface area contributed by atoms with Gasteiger partial charge in [0.25, 0.3) is 0 Å². The Morgan fingerprint density at radius 2 is 1.89 bits per heavy atom. The van der Waals surface area contributed by atoms with Crippen LogP contribution < -0.4 is 0 Å². The molecule has 0 rings (SSSR count). The smallest absolute Gasteiger partial charge is 0.0360 e. The predicted molar refractivity (Wildman–Crippen MR) is 45.2 cm³/mol.